The van der Waals surface area contributed by atoms with Crippen molar-refractivity contribution >= 4 is 10.0 Å². The number of alkyl halides is 1. The van der Waals surface area contributed by atoms with Crippen molar-refractivity contribution in [3.63, 3.8) is 0 Å². The summed E-state index contributed by atoms with van der Waals surface area (Å²) in [5.74, 6) is 0. The maximum Gasteiger partial charge on any atom is 0.246 e. The molecule has 1 aromatic heterocycles. The minimum atomic E-state index is -3.65. The zero-order valence-electron chi connectivity index (χ0n) is 10.4. The van der Waals surface area contributed by atoms with Gasteiger partial charge in [0.1, 0.15) is 11.1 Å². The highest BCUT2D eigenvalue weighted by Crippen LogP contribution is 2.27. The van der Waals surface area contributed by atoms with Crippen LogP contribution < -0.4 is 5.32 Å². The fraction of sp³-hybridized carbons (Fsp3) is 0.700. The monoisotopic (exact) mass is 276 g/mol. The predicted octanol–water partition coefficient (Wildman–Crippen LogP) is -0.259. The fourth-order valence-electron chi connectivity index (χ4n) is 2.21. The lowest BCUT2D eigenvalue weighted by atomic mass is 10.2. The van der Waals surface area contributed by atoms with Crippen LogP contribution in [0.25, 0.3) is 0 Å². The summed E-state index contributed by atoms with van der Waals surface area (Å²) in [5.41, 5.74) is 0. The largest absolute Gasteiger partial charge is 0.318 e. The highest BCUT2D eigenvalue weighted by atomic mass is 32.2. The first kappa shape index (κ1) is 13.4. The topological polar surface area (TPSA) is 67.2 Å². The number of rotatable bonds is 4. The Morgan fingerprint density at radius 3 is 2.89 bits per heavy atom. The summed E-state index contributed by atoms with van der Waals surface area (Å²) in [4.78, 5) is 0.111. The van der Waals surface area contributed by atoms with Gasteiger partial charge in [-0.05, 0) is 13.5 Å². The van der Waals surface area contributed by atoms with Crippen LogP contribution in [-0.4, -0.2) is 54.9 Å². The van der Waals surface area contributed by atoms with E-state index in [1.807, 2.05) is 0 Å². The van der Waals surface area contributed by atoms with Crippen molar-refractivity contribution in [2.75, 3.05) is 20.1 Å². The average Bonchev–Trinajstić information content (AvgIpc) is 2.86. The van der Waals surface area contributed by atoms with Crippen LogP contribution in [0.5, 0.6) is 0 Å². The van der Waals surface area contributed by atoms with Crippen molar-refractivity contribution in [2.24, 2.45) is 7.05 Å². The van der Waals surface area contributed by atoms with Gasteiger partial charge in [0.15, 0.2) is 0 Å². The van der Waals surface area contributed by atoms with E-state index in [1.54, 1.807) is 14.1 Å². The number of likely N-dealkylation sites (N-methyl/N-ethyl adjacent to an activating group) is 1. The third kappa shape index (κ3) is 2.40. The Labute approximate surface area is 106 Å². The first-order valence-electron chi connectivity index (χ1n) is 5.74. The standard InChI is InChI=1S/C10H17FN4O2S/c1-12-4-9-3-8(11)6-15(9)18(16,17)10-5-13-14(2)7-10/h5,7-9,12H,3-4,6H2,1-2H3/t8-,9-/m0/s1. The van der Waals surface area contributed by atoms with E-state index in [2.05, 4.69) is 10.4 Å². The molecule has 2 rings (SSSR count). The number of hydrogen-bond donors (Lipinski definition) is 1. The Kier molecular flexibility index (Phi) is 3.69. The molecule has 0 unspecified atom stereocenters. The Morgan fingerprint density at radius 2 is 2.33 bits per heavy atom. The van der Waals surface area contributed by atoms with Gasteiger partial charge in [-0.15, -0.1) is 0 Å². The molecular formula is C10H17FN4O2S. The van der Waals surface area contributed by atoms with E-state index in [9.17, 15) is 12.8 Å². The fourth-order valence-corrected chi connectivity index (χ4v) is 3.86. The van der Waals surface area contributed by atoms with Gasteiger partial charge in [-0.3, -0.25) is 4.68 Å². The van der Waals surface area contributed by atoms with E-state index < -0.39 is 16.2 Å². The summed E-state index contributed by atoms with van der Waals surface area (Å²) in [7, 11) is -0.285. The van der Waals surface area contributed by atoms with Crippen LogP contribution in [0.3, 0.4) is 0 Å². The molecule has 1 N–H and O–H groups in total. The Hall–Kier alpha value is -0.990. The molecule has 102 valence electrons. The van der Waals surface area contributed by atoms with Crippen molar-refractivity contribution in [3.8, 4) is 0 Å². The molecule has 0 aliphatic carbocycles. The average molecular weight is 276 g/mol. The van der Waals surface area contributed by atoms with Gasteiger partial charge >= 0.3 is 0 Å². The summed E-state index contributed by atoms with van der Waals surface area (Å²) in [5, 5.41) is 6.74. The SMILES string of the molecule is CNC[C@@H]1C[C@H](F)CN1S(=O)(=O)c1cnn(C)c1. The molecule has 1 fully saturated rings. The van der Waals surface area contributed by atoms with E-state index in [0.717, 1.165) is 0 Å². The molecule has 18 heavy (non-hydrogen) atoms. The first-order valence-corrected chi connectivity index (χ1v) is 7.18. The Balaban J connectivity index is 2.28. The van der Waals surface area contributed by atoms with Crippen molar-refractivity contribution < 1.29 is 12.8 Å². The van der Waals surface area contributed by atoms with Gasteiger partial charge in [0.2, 0.25) is 10.0 Å². The van der Waals surface area contributed by atoms with E-state index in [1.165, 1.54) is 21.4 Å². The molecule has 0 aromatic carbocycles. The minimum absolute atomic E-state index is 0.0798. The van der Waals surface area contributed by atoms with Gasteiger partial charge in [-0.1, -0.05) is 0 Å². The van der Waals surface area contributed by atoms with Gasteiger partial charge in [0, 0.05) is 32.4 Å². The maximum atomic E-state index is 13.4. The minimum Gasteiger partial charge on any atom is -0.318 e. The Bertz CT molecular complexity index is 516. The van der Waals surface area contributed by atoms with Gasteiger partial charge in [-0.2, -0.15) is 9.40 Å². The summed E-state index contributed by atoms with van der Waals surface area (Å²) in [6, 6.07) is -0.338. The number of halogens is 1. The third-order valence-electron chi connectivity index (χ3n) is 3.04. The molecule has 0 saturated carbocycles. The van der Waals surface area contributed by atoms with Crippen LogP contribution in [0, 0.1) is 0 Å². The van der Waals surface area contributed by atoms with Crippen molar-refractivity contribution in [1.29, 1.82) is 0 Å². The predicted molar refractivity (Wildman–Crippen MR) is 64.3 cm³/mol. The number of nitrogens with one attached hydrogen (secondary N) is 1. The van der Waals surface area contributed by atoms with Gasteiger partial charge < -0.3 is 5.32 Å². The van der Waals surface area contributed by atoms with Crippen LogP contribution in [-0.2, 0) is 17.1 Å². The second kappa shape index (κ2) is 4.94. The van der Waals surface area contributed by atoms with Crippen molar-refractivity contribution in [3.05, 3.63) is 12.4 Å². The smallest absolute Gasteiger partial charge is 0.246 e. The van der Waals surface area contributed by atoms with Crippen LogP contribution in [0.4, 0.5) is 4.39 Å². The second-order valence-corrected chi connectivity index (χ2v) is 6.36. The lowest BCUT2D eigenvalue weighted by Crippen LogP contribution is -2.40. The van der Waals surface area contributed by atoms with E-state index in [-0.39, 0.29) is 23.9 Å². The number of nitrogens with zero attached hydrogens (tertiary/aromatic N) is 3. The van der Waals surface area contributed by atoms with Gasteiger partial charge in [0.25, 0.3) is 0 Å². The number of aromatic nitrogens is 2. The molecule has 0 radical (unpaired) electrons. The summed E-state index contributed by atoms with van der Waals surface area (Å²) < 4.78 is 40.8. The van der Waals surface area contributed by atoms with Crippen molar-refractivity contribution in [1.82, 2.24) is 19.4 Å². The molecule has 0 spiro atoms. The summed E-state index contributed by atoms with van der Waals surface area (Å²) in [6.45, 7) is 0.365. The van der Waals surface area contributed by atoms with Crippen LogP contribution >= 0.6 is 0 Å². The highest BCUT2D eigenvalue weighted by Gasteiger charge is 2.40. The zero-order chi connectivity index (χ0) is 13.3. The van der Waals surface area contributed by atoms with Crippen LogP contribution in [0.15, 0.2) is 17.3 Å². The maximum absolute atomic E-state index is 13.4. The quantitative estimate of drug-likeness (QED) is 0.823. The summed E-state index contributed by atoms with van der Waals surface area (Å²) >= 11 is 0. The summed E-state index contributed by atoms with van der Waals surface area (Å²) in [6.07, 6.45) is 1.85. The molecular weight excluding hydrogens is 259 g/mol. The molecule has 2 heterocycles. The van der Waals surface area contributed by atoms with Gasteiger partial charge in [0.05, 0.1) is 6.20 Å². The molecule has 0 amide bonds. The van der Waals surface area contributed by atoms with E-state index in [4.69, 9.17) is 0 Å². The highest BCUT2D eigenvalue weighted by molar-refractivity contribution is 7.89. The molecule has 1 aliphatic heterocycles. The third-order valence-corrected chi connectivity index (χ3v) is 4.91. The van der Waals surface area contributed by atoms with Crippen molar-refractivity contribution in [2.45, 2.75) is 23.5 Å². The first-order chi connectivity index (χ1) is 8.45. The van der Waals surface area contributed by atoms with Crippen LogP contribution in [0.1, 0.15) is 6.42 Å². The molecule has 0 bridgehead atoms. The van der Waals surface area contributed by atoms with Crippen LogP contribution in [0.2, 0.25) is 0 Å². The lowest BCUT2D eigenvalue weighted by molar-refractivity contribution is 0.342. The van der Waals surface area contributed by atoms with E-state index >= 15 is 0 Å². The number of aryl methyl sites for hydroxylation is 1. The molecule has 1 aliphatic rings. The molecule has 1 aromatic rings. The molecule has 8 heteroatoms. The normalized spacial score (nSPS) is 25.7. The Morgan fingerprint density at radius 1 is 1.61 bits per heavy atom. The molecule has 6 nitrogen and oxygen atoms in total. The van der Waals surface area contributed by atoms with E-state index in [0.29, 0.717) is 6.54 Å². The second-order valence-electron chi connectivity index (χ2n) is 4.47. The molecule has 1 saturated heterocycles. The number of sulfonamides is 1. The number of hydrogen-bond acceptors (Lipinski definition) is 4. The molecule has 2 atom stereocenters. The van der Waals surface area contributed by atoms with Gasteiger partial charge in [-0.25, -0.2) is 12.8 Å². The zero-order valence-corrected chi connectivity index (χ0v) is 11.2. The lowest BCUT2D eigenvalue weighted by Gasteiger charge is -2.22.